The van der Waals surface area contributed by atoms with Crippen LogP contribution in [0.15, 0.2) is 28.9 Å². The van der Waals surface area contributed by atoms with E-state index in [1.54, 1.807) is 23.9 Å². The van der Waals surface area contributed by atoms with Gasteiger partial charge < -0.3 is 10.1 Å². The Morgan fingerprint density at radius 2 is 2.23 bits per heavy atom. The average Bonchev–Trinajstić information content (AvgIpc) is 2.82. The van der Waals surface area contributed by atoms with Gasteiger partial charge in [-0.05, 0) is 47.5 Å². The van der Waals surface area contributed by atoms with Crippen LogP contribution in [0.3, 0.4) is 0 Å². The number of benzene rings is 1. The van der Waals surface area contributed by atoms with Gasteiger partial charge in [-0.15, -0.1) is 0 Å². The molecule has 8 heteroatoms. The molecule has 2 rings (SSSR count). The summed E-state index contributed by atoms with van der Waals surface area (Å²) < 4.78 is 31.4. The van der Waals surface area contributed by atoms with Crippen LogP contribution in [-0.4, -0.2) is 22.3 Å². The Morgan fingerprint density at radius 3 is 2.82 bits per heavy atom. The second-order valence-corrected chi connectivity index (χ2v) is 5.37. The number of halogens is 3. The minimum Gasteiger partial charge on any atom is -0.433 e. The highest BCUT2D eigenvalue weighted by Gasteiger charge is 2.18. The van der Waals surface area contributed by atoms with E-state index >= 15 is 0 Å². The maximum Gasteiger partial charge on any atom is 0.387 e. The van der Waals surface area contributed by atoms with Crippen molar-refractivity contribution in [3.63, 3.8) is 0 Å². The lowest BCUT2D eigenvalue weighted by Gasteiger charge is -2.12. The number of rotatable bonds is 5. The number of hydrogen-bond donors (Lipinski definition) is 1. The summed E-state index contributed by atoms with van der Waals surface area (Å²) in [5, 5.41) is 6.64. The SMILES string of the molecule is CCn1cc(Br)c(C(=O)Nc2ccc(C)cc2OC(F)F)n1. The number of carbonyl (C=O) groups excluding carboxylic acids is 1. The monoisotopic (exact) mass is 373 g/mol. The van der Waals surface area contributed by atoms with Crippen LogP contribution in [0.5, 0.6) is 5.75 Å². The molecule has 0 saturated carbocycles. The number of hydrogen-bond acceptors (Lipinski definition) is 3. The van der Waals surface area contributed by atoms with E-state index in [9.17, 15) is 13.6 Å². The summed E-state index contributed by atoms with van der Waals surface area (Å²) in [6.45, 7) is 1.26. The first-order valence-electron chi connectivity index (χ1n) is 6.50. The molecule has 1 aromatic heterocycles. The van der Waals surface area contributed by atoms with Crippen molar-refractivity contribution in [3.05, 3.63) is 40.1 Å². The zero-order valence-corrected chi connectivity index (χ0v) is 13.5. The first-order valence-corrected chi connectivity index (χ1v) is 7.29. The van der Waals surface area contributed by atoms with E-state index in [2.05, 4.69) is 31.1 Å². The molecular formula is C14H14BrF2N3O2. The summed E-state index contributed by atoms with van der Waals surface area (Å²) in [6, 6.07) is 4.63. The fourth-order valence-corrected chi connectivity index (χ4v) is 2.32. The summed E-state index contributed by atoms with van der Waals surface area (Å²) >= 11 is 3.25. The Labute approximate surface area is 134 Å². The summed E-state index contributed by atoms with van der Waals surface area (Å²) in [5.41, 5.74) is 1.07. The fraction of sp³-hybridized carbons (Fsp3) is 0.286. The maximum absolute atomic E-state index is 12.4. The molecule has 0 fully saturated rings. The number of nitrogens with zero attached hydrogens (tertiary/aromatic N) is 2. The van der Waals surface area contributed by atoms with Gasteiger partial charge in [0.25, 0.3) is 5.91 Å². The molecule has 1 aromatic carbocycles. The smallest absolute Gasteiger partial charge is 0.387 e. The normalized spacial score (nSPS) is 10.8. The van der Waals surface area contributed by atoms with Gasteiger partial charge in [-0.25, -0.2) is 0 Å². The van der Waals surface area contributed by atoms with Gasteiger partial charge in [0.15, 0.2) is 5.69 Å². The maximum atomic E-state index is 12.4. The van der Waals surface area contributed by atoms with Gasteiger partial charge in [-0.1, -0.05) is 6.07 Å². The molecule has 1 amide bonds. The van der Waals surface area contributed by atoms with E-state index in [1.165, 1.54) is 12.1 Å². The highest BCUT2D eigenvalue weighted by atomic mass is 79.9. The van der Waals surface area contributed by atoms with Crippen molar-refractivity contribution in [2.45, 2.75) is 27.0 Å². The van der Waals surface area contributed by atoms with Crippen molar-refractivity contribution >= 4 is 27.5 Å². The Bertz CT molecular complexity index is 689. The lowest BCUT2D eigenvalue weighted by molar-refractivity contribution is -0.0494. The summed E-state index contributed by atoms with van der Waals surface area (Å²) in [4.78, 5) is 12.2. The van der Waals surface area contributed by atoms with Crippen LogP contribution in [0.25, 0.3) is 0 Å². The van der Waals surface area contributed by atoms with Crippen LogP contribution in [-0.2, 0) is 6.54 Å². The van der Waals surface area contributed by atoms with Crippen LogP contribution < -0.4 is 10.1 Å². The second-order valence-electron chi connectivity index (χ2n) is 4.51. The molecule has 0 atom stereocenters. The minimum atomic E-state index is -2.97. The molecular weight excluding hydrogens is 360 g/mol. The molecule has 118 valence electrons. The quantitative estimate of drug-likeness (QED) is 0.866. The van der Waals surface area contributed by atoms with E-state index in [-0.39, 0.29) is 17.1 Å². The first-order chi connectivity index (χ1) is 10.4. The zero-order valence-electron chi connectivity index (χ0n) is 11.9. The van der Waals surface area contributed by atoms with Crippen LogP contribution in [0.2, 0.25) is 0 Å². The topological polar surface area (TPSA) is 56.2 Å². The number of aryl methyl sites for hydroxylation is 2. The highest BCUT2D eigenvalue weighted by Crippen LogP contribution is 2.28. The van der Waals surface area contributed by atoms with Gasteiger partial charge in [-0.3, -0.25) is 9.48 Å². The van der Waals surface area contributed by atoms with Crippen molar-refractivity contribution in [1.82, 2.24) is 9.78 Å². The zero-order chi connectivity index (χ0) is 16.3. The molecule has 0 saturated heterocycles. The molecule has 0 unspecified atom stereocenters. The van der Waals surface area contributed by atoms with Crippen molar-refractivity contribution in [1.29, 1.82) is 0 Å². The molecule has 0 aliphatic carbocycles. The van der Waals surface area contributed by atoms with E-state index in [1.807, 2.05) is 6.92 Å². The molecule has 0 bridgehead atoms. The third-order valence-electron chi connectivity index (χ3n) is 2.86. The molecule has 2 aromatic rings. The number of amides is 1. The molecule has 5 nitrogen and oxygen atoms in total. The molecule has 22 heavy (non-hydrogen) atoms. The standard InChI is InChI=1S/C14H14BrF2N3O2/c1-3-20-7-9(15)12(19-20)13(21)18-10-5-4-8(2)6-11(10)22-14(16)17/h4-7,14H,3H2,1-2H3,(H,18,21). The molecule has 0 spiro atoms. The van der Waals surface area contributed by atoms with Crippen molar-refractivity contribution in [2.24, 2.45) is 0 Å². The first kappa shape index (κ1) is 16.4. The van der Waals surface area contributed by atoms with E-state index in [0.29, 0.717) is 11.0 Å². The van der Waals surface area contributed by atoms with Crippen LogP contribution in [0.4, 0.5) is 14.5 Å². The Balaban J connectivity index is 2.25. The number of nitrogens with one attached hydrogen (secondary N) is 1. The number of carbonyl (C=O) groups is 1. The Morgan fingerprint density at radius 1 is 1.50 bits per heavy atom. The third kappa shape index (κ3) is 3.82. The predicted octanol–water partition coefficient (Wildman–Crippen LogP) is 3.83. The van der Waals surface area contributed by atoms with E-state index < -0.39 is 12.5 Å². The highest BCUT2D eigenvalue weighted by molar-refractivity contribution is 9.10. The fourth-order valence-electron chi connectivity index (χ4n) is 1.82. The molecule has 1 heterocycles. The summed E-state index contributed by atoms with van der Waals surface area (Å²) in [5.74, 6) is -0.601. The van der Waals surface area contributed by atoms with E-state index in [4.69, 9.17) is 0 Å². The molecule has 0 radical (unpaired) electrons. The largest absolute Gasteiger partial charge is 0.433 e. The number of ether oxygens (including phenoxy) is 1. The predicted molar refractivity (Wildman–Crippen MR) is 81.4 cm³/mol. The summed E-state index contributed by atoms with van der Waals surface area (Å²) in [7, 11) is 0. The third-order valence-corrected chi connectivity index (χ3v) is 3.44. The number of anilines is 1. The van der Waals surface area contributed by atoms with Crippen LogP contribution in [0.1, 0.15) is 23.0 Å². The van der Waals surface area contributed by atoms with Gasteiger partial charge in [0.2, 0.25) is 0 Å². The Kier molecular flexibility index (Phi) is 5.12. The van der Waals surface area contributed by atoms with Crippen LogP contribution in [0, 0.1) is 6.92 Å². The van der Waals surface area contributed by atoms with Crippen LogP contribution >= 0.6 is 15.9 Å². The van der Waals surface area contributed by atoms with Crippen molar-refractivity contribution < 1.29 is 18.3 Å². The van der Waals surface area contributed by atoms with Gasteiger partial charge in [-0.2, -0.15) is 13.9 Å². The second kappa shape index (κ2) is 6.87. The summed E-state index contributed by atoms with van der Waals surface area (Å²) in [6.07, 6.45) is 1.67. The number of aromatic nitrogens is 2. The number of alkyl halides is 2. The minimum absolute atomic E-state index is 0.0885. The average molecular weight is 374 g/mol. The van der Waals surface area contributed by atoms with E-state index in [0.717, 1.165) is 5.56 Å². The van der Waals surface area contributed by atoms with Gasteiger partial charge >= 0.3 is 6.61 Å². The van der Waals surface area contributed by atoms with Gasteiger partial charge in [0, 0.05) is 12.7 Å². The molecule has 1 N–H and O–H groups in total. The van der Waals surface area contributed by atoms with Gasteiger partial charge in [0.05, 0.1) is 10.2 Å². The van der Waals surface area contributed by atoms with Crippen molar-refractivity contribution in [3.8, 4) is 5.75 Å². The Hall–Kier alpha value is -1.96. The lowest BCUT2D eigenvalue weighted by Crippen LogP contribution is -2.15. The lowest BCUT2D eigenvalue weighted by atomic mass is 10.2. The van der Waals surface area contributed by atoms with Crippen molar-refractivity contribution in [2.75, 3.05) is 5.32 Å². The molecule has 0 aliphatic rings. The van der Waals surface area contributed by atoms with Gasteiger partial charge in [0.1, 0.15) is 5.75 Å². The molecule has 0 aliphatic heterocycles.